The average Bonchev–Trinajstić information content (AvgIpc) is 3.00. The minimum absolute atomic E-state index is 0.0655. The van der Waals surface area contributed by atoms with Crippen LogP contribution in [0.1, 0.15) is 32.1 Å². The Kier molecular flexibility index (Phi) is 1.71. The molecule has 3 saturated carbocycles. The lowest BCUT2D eigenvalue weighted by Gasteiger charge is -2.36. The molecule has 0 heterocycles. The van der Waals surface area contributed by atoms with Crippen molar-refractivity contribution in [3.05, 3.63) is 0 Å². The van der Waals surface area contributed by atoms with Crippen LogP contribution in [0.5, 0.6) is 0 Å². The van der Waals surface area contributed by atoms with E-state index in [0.29, 0.717) is 12.8 Å². The number of rotatable bonds is 1. The van der Waals surface area contributed by atoms with Crippen molar-refractivity contribution >= 4 is 17.5 Å². The Morgan fingerprint density at radius 3 is 2.62 bits per heavy atom. The highest BCUT2D eigenvalue weighted by Gasteiger charge is 2.77. The SMILES string of the molecule is COC(=O)C12CC(=O)C(CCC1=O)C21CC1. The van der Waals surface area contributed by atoms with Gasteiger partial charge in [-0.05, 0) is 19.3 Å². The number of hydrogen-bond donors (Lipinski definition) is 0. The van der Waals surface area contributed by atoms with Crippen molar-refractivity contribution in [2.75, 3.05) is 7.11 Å². The molecule has 86 valence electrons. The quantitative estimate of drug-likeness (QED) is 0.488. The van der Waals surface area contributed by atoms with Gasteiger partial charge in [0.05, 0.1) is 7.11 Å². The number of methoxy groups -OCH3 is 1. The first kappa shape index (κ1) is 10.00. The summed E-state index contributed by atoms with van der Waals surface area (Å²) >= 11 is 0. The second kappa shape index (κ2) is 2.73. The Balaban J connectivity index is 2.16. The van der Waals surface area contributed by atoms with Gasteiger partial charge >= 0.3 is 5.97 Å². The minimum atomic E-state index is -1.11. The molecule has 3 aliphatic rings. The van der Waals surface area contributed by atoms with Gasteiger partial charge < -0.3 is 4.74 Å². The van der Waals surface area contributed by atoms with Gasteiger partial charge in [0.1, 0.15) is 11.2 Å². The Labute approximate surface area is 93.3 Å². The van der Waals surface area contributed by atoms with Crippen molar-refractivity contribution in [1.29, 1.82) is 0 Å². The van der Waals surface area contributed by atoms with Crippen LogP contribution in [0.4, 0.5) is 0 Å². The highest BCUT2D eigenvalue weighted by molar-refractivity contribution is 6.13. The second-order valence-electron chi connectivity index (χ2n) is 5.21. The highest BCUT2D eigenvalue weighted by Crippen LogP contribution is 2.73. The third-order valence-electron chi connectivity index (χ3n) is 4.80. The molecule has 16 heavy (non-hydrogen) atoms. The van der Waals surface area contributed by atoms with E-state index in [-0.39, 0.29) is 29.3 Å². The van der Waals surface area contributed by atoms with Gasteiger partial charge in [-0.25, -0.2) is 0 Å². The summed E-state index contributed by atoms with van der Waals surface area (Å²) in [4.78, 5) is 36.0. The molecule has 4 nitrogen and oxygen atoms in total. The maximum Gasteiger partial charge on any atom is 0.320 e. The molecule has 0 N–H and O–H groups in total. The summed E-state index contributed by atoms with van der Waals surface area (Å²) in [7, 11) is 1.30. The van der Waals surface area contributed by atoms with Crippen LogP contribution in [0.25, 0.3) is 0 Å². The molecule has 0 radical (unpaired) electrons. The normalized spacial score (nSPS) is 38.9. The van der Waals surface area contributed by atoms with Gasteiger partial charge in [0.2, 0.25) is 0 Å². The summed E-state index contributed by atoms with van der Waals surface area (Å²) in [6.07, 6.45) is 2.72. The zero-order valence-corrected chi connectivity index (χ0v) is 9.25. The first-order chi connectivity index (χ1) is 7.58. The molecule has 0 aliphatic heterocycles. The number of carbonyl (C=O) groups excluding carboxylic acids is 3. The molecule has 2 bridgehead atoms. The van der Waals surface area contributed by atoms with Crippen LogP contribution in [0, 0.1) is 16.7 Å². The first-order valence-electron chi connectivity index (χ1n) is 5.73. The first-order valence-corrected chi connectivity index (χ1v) is 5.73. The van der Waals surface area contributed by atoms with Crippen LogP contribution in [-0.4, -0.2) is 24.6 Å². The molecule has 3 rings (SSSR count). The molecule has 0 aromatic rings. The van der Waals surface area contributed by atoms with Crippen LogP contribution in [0.2, 0.25) is 0 Å². The molecule has 2 atom stereocenters. The third-order valence-corrected chi connectivity index (χ3v) is 4.80. The lowest BCUT2D eigenvalue weighted by Crippen LogP contribution is -2.48. The molecule has 0 aromatic carbocycles. The van der Waals surface area contributed by atoms with E-state index in [1.807, 2.05) is 0 Å². The van der Waals surface area contributed by atoms with Gasteiger partial charge in [0, 0.05) is 24.2 Å². The number of esters is 1. The van der Waals surface area contributed by atoms with E-state index in [2.05, 4.69) is 0 Å². The topological polar surface area (TPSA) is 60.4 Å². The molecule has 4 heteroatoms. The summed E-state index contributed by atoms with van der Waals surface area (Å²) in [5.74, 6) is -0.525. The van der Waals surface area contributed by atoms with E-state index in [4.69, 9.17) is 4.74 Å². The minimum Gasteiger partial charge on any atom is -0.468 e. The molecular weight excluding hydrogens is 208 g/mol. The number of ketones is 2. The van der Waals surface area contributed by atoms with Crippen LogP contribution < -0.4 is 0 Å². The van der Waals surface area contributed by atoms with Crippen molar-refractivity contribution < 1.29 is 19.1 Å². The van der Waals surface area contributed by atoms with E-state index < -0.39 is 11.4 Å². The smallest absolute Gasteiger partial charge is 0.320 e. The standard InChI is InChI=1S/C12H14O4/c1-16-10(15)12-6-8(13)7(2-3-9(12)14)11(12)4-5-11/h7H,2-6H2,1H3. The Morgan fingerprint density at radius 1 is 1.38 bits per heavy atom. The predicted molar refractivity (Wildman–Crippen MR) is 53.5 cm³/mol. The highest BCUT2D eigenvalue weighted by atomic mass is 16.5. The van der Waals surface area contributed by atoms with E-state index in [0.717, 1.165) is 12.8 Å². The summed E-state index contributed by atoms with van der Waals surface area (Å²) in [6, 6.07) is 0. The summed E-state index contributed by atoms with van der Waals surface area (Å²) in [5.41, 5.74) is -1.46. The Morgan fingerprint density at radius 2 is 2.06 bits per heavy atom. The maximum atomic E-state index is 12.1. The van der Waals surface area contributed by atoms with Gasteiger partial charge in [-0.15, -0.1) is 0 Å². The van der Waals surface area contributed by atoms with Crippen molar-refractivity contribution in [2.45, 2.75) is 32.1 Å². The van der Waals surface area contributed by atoms with Gasteiger partial charge in [-0.3, -0.25) is 14.4 Å². The van der Waals surface area contributed by atoms with Crippen LogP contribution in [0.15, 0.2) is 0 Å². The van der Waals surface area contributed by atoms with Crippen LogP contribution in [0.3, 0.4) is 0 Å². The summed E-state index contributed by atoms with van der Waals surface area (Å²) in [5, 5.41) is 0. The van der Waals surface area contributed by atoms with Crippen molar-refractivity contribution in [3.63, 3.8) is 0 Å². The predicted octanol–water partition coefficient (Wildman–Crippen LogP) is 0.878. The summed E-state index contributed by atoms with van der Waals surface area (Å²) < 4.78 is 4.79. The van der Waals surface area contributed by atoms with Gasteiger partial charge in [0.15, 0.2) is 5.78 Å². The van der Waals surface area contributed by atoms with E-state index in [1.54, 1.807) is 0 Å². The second-order valence-corrected chi connectivity index (χ2v) is 5.21. The number of ether oxygens (including phenoxy) is 1. The van der Waals surface area contributed by atoms with Gasteiger partial charge in [-0.1, -0.05) is 0 Å². The fourth-order valence-electron chi connectivity index (χ4n) is 3.94. The monoisotopic (exact) mass is 222 g/mol. The zero-order chi connectivity index (χ0) is 11.6. The number of carbonyl (C=O) groups is 3. The van der Waals surface area contributed by atoms with Gasteiger partial charge in [0.25, 0.3) is 0 Å². The molecule has 1 spiro atoms. The van der Waals surface area contributed by atoms with E-state index >= 15 is 0 Å². The summed E-state index contributed by atoms with van der Waals surface area (Å²) in [6.45, 7) is 0. The number of Topliss-reactive ketones (excluding diaryl/α,β-unsaturated/α-hetero) is 2. The molecule has 2 unspecified atom stereocenters. The Hall–Kier alpha value is -1.19. The fraction of sp³-hybridized carbons (Fsp3) is 0.750. The van der Waals surface area contributed by atoms with Crippen molar-refractivity contribution in [3.8, 4) is 0 Å². The van der Waals surface area contributed by atoms with Crippen molar-refractivity contribution in [2.24, 2.45) is 16.7 Å². The average molecular weight is 222 g/mol. The third kappa shape index (κ3) is 0.815. The molecule has 0 amide bonds. The fourth-order valence-corrected chi connectivity index (χ4v) is 3.94. The molecular formula is C12H14O4. The molecule has 3 aliphatic carbocycles. The molecule has 0 aromatic heterocycles. The molecule has 3 fully saturated rings. The lowest BCUT2D eigenvalue weighted by atomic mass is 9.63. The Bertz CT molecular complexity index is 397. The van der Waals surface area contributed by atoms with Gasteiger partial charge in [-0.2, -0.15) is 0 Å². The number of hydrogen-bond acceptors (Lipinski definition) is 4. The van der Waals surface area contributed by atoms with Crippen LogP contribution in [-0.2, 0) is 19.1 Å². The largest absolute Gasteiger partial charge is 0.468 e. The zero-order valence-electron chi connectivity index (χ0n) is 9.25. The lowest BCUT2D eigenvalue weighted by molar-refractivity contribution is -0.164. The van der Waals surface area contributed by atoms with Crippen molar-refractivity contribution in [1.82, 2.24) is 0 Å². The van der Waals surface area contributed by atoms with Crippen LogP contribution >= 0.6 is 0 Å². The van der Waals surface area contributed by atoms with E-state index in [1.165, 1.54) is 7.11 Å². The molecule has 0 saturated heterocycles. The van der Waals surface area contributed by atoms with E-state index in [9.17, 15) is 14.4 Å². The maximum absolute atomic E-state index is 12.1.